The Bertz CT molecular complexity index is 197. The first kappa shape index (κ1) is 7.08. The van der Waals surface area contributed by atoms with E-state index in [0.29, 0.717) is 12.4 Å². The fourth-order valence-electron chi connectivity index (χ4n) is 0.720. The molecule has 56 valence electrons. The molecule has 1 rings (SSSR count). The Morgan fingerprint density at radius 3 is 3.10 bits per heavy atom. The van der Waals surface area contributed by atoms with E-state index in [9.17, 15) is 0 Å². The van der Waals surface area contributed by atoms with Crippen LogP contribution in [0.25, 0.3) is 0 Å². The summed E-state index contributed by atoms with van der Waals surface area (Å²) >= 11 is 0. The molecule has 0 fully saturated rings. The summed E-state index contributed by atoms with van der Waals surface area (Å²) in [5.41, 5.74) is 6.38. The summed E-state index contributed by atoms with van der Waals surface area (Å²) in [4.78, 5) is 0. The number of hydrogen-bond acceptors (Lipinski definition) is 3. The fraction of sp³-hybridized carbons (Fsp3) is 0.500. The summed E-state index contributed by atoms with van der Waals surface area (Å²) in [7, 11) is 1.67. The van der Waals surface area contributed by atoms with E-state index in [4.69, 9.17) is 10.5 Å². The largest absolute Gasteiger partial charge is 0.384 e. The Morgan fingerprint density at radius 1 is 1.80 bits per heavy atom. The van der Waals surface area contributed by atoms with Crippen LogP contribution in [0, 0.1) is 0 Å². The average Bonchev–Trinajstić information content (AvgIpc) is 2.31. The maximum Gasteiger partial charge on any atom is 0.145 e. The summed E-state index contributed by atoms with van der Waals surface area (Å²) in [6, 6.07) is 1.80. The molecule has 0 unspecified atom stereocenters. The van der Waals surface area contributed by atoms with E-state index in [-0.39, 0.29) is 0 Å². The monoisotopic (exact) mass is 141 g/mol. The molecule has 1 heterocycles. The Kier molecular flexibility index (Phi) is 2.28. The standard InChI is InChI=1S/C6H11N3O/c1-10-3-2-5-4-6(7)9-8-5/h4H,2-3H2,1H3,(H3,7,8,9). The summed E-state index contributed by atoms with van der Waals surface area (Å²) in [5, 5.41) is 6.55. The van der Waals surface area contributed by atoms with Gasteiger partial charge in [0, 0.05) is 25.3 Å². The van der Waals surface area contributed by atoms with Crippen LogP contribution in [0.1, 0.15) is 5.69 Å². The van der Waals surface area contributed by atoms with Crippen LogP contribution in [-0.4, -0.2) is 23.9 Å². The number of ether oxygens (including phenoxy) is 1. The SMILES string of the molecule is COCCc1cc(N)n[nH]1. The molecule has 0 aliphatic carbocycles. The number of hydrogen-bond donors (Lipinski definition) is 2. The third-order valence-corrected chi connectivity index (χ3v) is 1.23. The van der Waals surface area contributed by atoms with E-state index >= 15 is 0 Å². The van der Waals surface area contributed by atoms with Crippen molar-refractivity contribution in [1.82, 2.24) is 10.2 Å². The molecule has 10 heavy (non-hydrogen) atoms. The first-order valence-electron chi connectivity index (χ1n) is 3.11. The van der Waals surface area contributed by atoms with Crippen molar-refractivity contribution in [2.24, 2.45) is 0 Å². The van der Waals surface area contributed by atoms with Crippen LogP contribution in [0.4, 0.5) is 5.82 Å². The minimum absolute atomic E-state index is 0.533. The molecule has 1 aromatic rings. The molecule has 0 aliphatic rings. The average molecular weight is 141 g/mol. The second-order valence-corrected chi connectivity index (χ2v) is 2.06. The normalized spacial score (nSPS) is 10.1. The lowest BCUT2D eigenvalue weighted by Gasteiger charge is -1.92. The number of nitrogens with one attached hydrogen (secondary N) is 1. The highest BCUT2D eigenvalue weighted by atomic mass is 16.5. The summed E-state index contributed by atoms with van der Waals surface area (Å²) in [6.07, 6.45) is 0.834. The summed E-state index contributed by atoms with van der Waals surface area (Å²) < 4.78 is 4.87. The molecule has 4 heteroatoms. The Balaban J connectivity index is 2.42. The minimum atomic E-state index is 0.533. The van der Waals surface area contributed by atoms with E-state index < -0.39 is 0 Å². The van der Waals surface area contributed by atoms with Gasteiger partial charge in [0.25, 0.3) is 0 Å². The lowest BCUT2D eigenvalue weighted by atomic mass is 10.3. The van der Waals surface area contributed by atoms with Crippen LogP contribution in [0.5, 0.6) is 0 Å². The van der Waals surface area contributed by atoms with E-state index in [1.54, 1.807) is 13.2 Å². The molecule has 0 bridgehead atoms. The molecule has 1 aromatic heterocycles. The van der Waals surface area contributed by atoms with Gasteiger partial charge < -0.3 is 10.5 Å². The summed E-state index contributed by atoms with van der Waals surface area (Å²) in [5.74, 6) is 0.533. The molecular formula is C6H11N3O. The first-order valence-corrected chi connectivity index (χ1v) is 3.11. The predicted molar refractivity (Wildman–Crippen MR) is 38.6 cm³/mol. The van der Waals surface area contributed by atoms with Crippen molar-refractivity contribution in [3.8, 4) is 0 Å². The Morgan fingerprint density at radius 2 is 2.60 bits per heavy atom. The summed E-state index contributed by atoms with van der Waals surface area (Å²) in [6.45, 7) is 0.696. The molecule has 0 atom stereocenters. The zero-order valence-corrected chi connectivity index (χ0v) is 5.92. The minimum Gasteiger partial charge on any atom is -0.384 e. The van der Waals surface area contributed by atoms with Crippen molar-refractivity contribution in [3.63, 3.8) is 0 Å². The molecule has 3 N–H and O–H groups in total. The van der Waals surface area contributed by atoms with Gasteiger partial charge in [-0.25, -0.2) is 0 Å². The van der Waals surface area contributed by atoms with E-state index in [0.717, 1.165) is 12.1 Å². The number of nitrogen functional groups attached to an aromatic ring is 1. The Labute approximate surface area is 59.4 Å². The zero-order chi connectivity index (χ0) is 7.40. The van der Waals surface area contributed by atoms with Gasteiger partial charge >= 0.3 is 0 Å². The topological polar surface area (TPSA) is 63.9 Å². The maximum absolute atomic E-state index is 5.37. The van der Waals surface area contributed by atoms with Crippen LogP contribution in [0.3, 0.4) is 0 Å². The highest BCUT2D eigenvalue weighted by Gasteiger charge is 1.95. The molecule has 0 saturated carbocycles. The second kappa shape index (κ2) is 3.22. The number of anilines is 1. The van der Waals surface area contributed by atoms with Gasteiger partial charge in [-0.1, -0.05) is 0 Å². The van der Waals surface area contributed by atoms with Gasteiger partial charge in [-0.2, -0.15) is 5.10 Å². The van der Waals surface area contributed by atoms with E-state index in [1.807, 2.05) is 0 Å². The number of nitrogens with two attached hydrogens (primary N) is 1. The molecule has 0 radical (unpaired) electrons. The van der Waals surface area contributed by atoms with Gasteiger partial charge in [0.15, 0.2) is 0 Å². The third kappa shape index (κ3) is 1.73. The molecule has 4 nitrogen and oxygen atoms in total. The van der Waals surface area contributed by atoms with Gasteiger partial charge in [0.2, 0.25) is 0 Å². The lowest BCUT2D eigenvalue weighted by Crippen LogP contribution is -1.93. The third-order valence-electron chi connectivity index (χ3n) is 1.23. The van der Waals surface area contributed by atoms with Crippen molar-refractivity contribution < 1.29 is 4.74 Å². The maximum atomic E-state index is 5.37. The molecular weight excluding hydrogens is 130 g/mol. The van der Waals surface area contributed by atoms with Crippen LogP contribution in [0.15, 0.2) is 6.07 Å². The van der Waals surface area contributed by atoms with Gasteiger partial charge in [-0.3, -0.25) is 5.10 Å². The van der Waals surface area contributed by atoms with Crippen molar-refractivity contribution in [1.29, 1.82) is 0 Å². The van der Waals surface area contributed by atoms with Gasteiger partial charge in [-0.15, -0.1) is 0 Å². The first-order chi connectivity index (χ1) is 4.83. The smallest absolute Gasteiger partial charge is 0.145 e. The van der Waals surface area contributed by atoms with Crippen LogP contribution in [0.2, 0.25) is 0 Å². The number of aromatic amines is 1. The molecule has 0 saturated heterocycles. The number of nitrogens with zero attached hydrogens (tertiary/aromatic N) is 1. The highest BCUT2D eigenvalue weighted by molar-refractivity contribution is 5.28. The second-order valence-electron chi connectivity index (χ2n) is 2.06. The number of methoxy groups -OCH3 is 1. The fourth-order valence-corrected chi connectivity index (χ4v) is 0.720. The van der Waals surface area contributed by atoms with Crippen molar-refractivity contribution in [2.75, 3.05) is 19.5 Å². The Hall–Kier alpha value is -1.03. The molecule has 0 aliphatic heterocycles. The highest BCUT2D eigenvalue weighted by Crippen LogP contribution is 2.00. The number of rotatable bonds is 3. The van der Waals surface area contributed by atoms with Gasteiger partial charge in [0.1, 0.15) is 5.82 Å². The molecule has 0 spiro atoms. The lowest BCUT2D eigenvalue weighted by molar-refractivity contribution is 0.201. The number of H-pyrrole nitrogens is 1. The van der Waals surface area contributed by atoms with E-state index in [2.05, 4.69) is 10.2 Å². The number of aromatic nitrogens is 2. The molecule has 0 aromatic carbocycles. The molecule has 0 amide bonds. The quantitative estimate of drug-likeness (QED) is 0.631. The van der Waals surface area contributed by atoms with Gasteiger partial charge in [0.05, 0.1) is 6.61 Å². The van der Waals surface area contributed by atoms with Crippen LogP contribution < -0.4 is 5.73 Å². The zero-order valence-electron chi connectivity index (χ0n) is 5.92. The van der Waals surface area contributed by atoms with Crippen molar-refractivity contribution >= 4 is 5.82 Å². The van der Waals surface area contributed by atoms with E-state index in [1.165, 1.54) is 0 Å². The predicted octanol–water partition coefficient (Wildman–Crippen LogP) is 0.181. The van der Waals surface area contributed by atoms with Crippen molar-refractivity contribution in [2.45, 2.75) is 6.42 Å². The van der Waals surface area contributed by atoms with Crippen molar-refractivity contribution in [3.05, 3.63) is 11.8 Å². The van der Waals surface area contributed by atoms with Crippen LogP contribution in [-0.2, 0) is 11.2 Å². The van der Waals surface area contributed by atoms with Gasteiger partial charge in [-0.05, 0) is 0 Å². The van der Waals surface area contributed by atoms with Crippen LogP contribution >= 0.6 is 0 Å².